The van der Waals surface area contributed by atoms with Gasteiger partial charge in [-0.15, -0.1) is 0 Å². The van der Waals surface area contributed by atoms with Crippen LogP contribution in [-0.4, -0.2) is 6.61 Å². The topological polar surface area (TPSA) is 45.0 Å². The smallest absolute Gasteiger partial charge is 0.0991 e. The van der Waals surface area contributed by atoms with Crippen molar-refractivity contribution in [2.45, 2.75) is 20.1 Å². The number of benzene rings is 2. The fourth-order valence-corrected chi connectivity index (χ4v) is 1.95. The SMILES string of the molecule is CCOCc1cccc(NCc2cccc(C#N)c2)c1. The lowest BCUT2D eigenvalue weighted by atomic mass is 10.1. The van der Waals surface area contributed by atoms with Crippen LogP contribution in [0.1, 0.15) is 23.6 Å². The zero-order chi connectivity index (χ0) is 14.2. The third-order valence-corrected chi connectivity index (χ3v) is 2.95. The Balaban J connectivity index is 1.98. The summed E-state index contributed by atoms with van der Waals surface area (Å²) in [5.74, 6) is 0. The maximum absolute atomic E-state index is 8.88. The molecule has 1 N–H and O–H groups in total. The normalized spacial score (nSPS) is 10.0. The number of hydrogen-bond acceptors (Lipinski definition) is 3. The molecule has 2 aromatic rings. The van der Waals surface area contributed by atoms with Crippen LogP contribution in [0, 0.1) is 11.3 Å². The molecule has 0 heterocycles. The first-order valence-electron chi connectivity index (χ1n) is 6.71. The molecule has 0 saturated carbocycles. The van der Waals surface area contributed by atoms with E-state index in [4.69, 9.17) is 10.00 Å². The quantitative estimate of drug-likeness (QED) is 0.867. The van der Waals surface area contributed by atoms with Crippen LogP contribution in [0.4, 0.5) is 5.69 Å². The molecule has 0 aliphatic heterocycles. The van der Waals surface area contributed by atoms with Gasteiger partial charge in [-0.05, 0) is 42.3 Å². The first kappa shape index (κ1) is 14.1. The number of nitrogens with zero attached hydrogens (tertiary/aromatic N) is 1. The van der Waals surface area contributed by atoms with Crippen molar-refractivity contribution in [2.75, 3.05) is 11.9 Å². The van der Waals surface area contributed by atoms with Gasteiger partial charge in [0.05, 0.1) is 18.2 Å². The van der Waals surface area contributed by atoms with Crippen molar-refractivity contribution >= 4 is 5.69 Å². The van der Waals surface area contributed by atoms with E-state index in [1.165, 1.54) is 0 Å². The van der Waals surface area contributed by atoms with Crippen molar-refractivity contribution in [3.8, 4) is 6.07 Å². The summed E-state index contributed by atoms with van der Waals surface area (Å²) >= 11 is 0. The van der Waals surface area contributed by atoms with Crippen LogP contribution >= 0.6 is 0 Å². The van der Waals surface area contributed by atoms with Gasteiger partial charge in [0.15, 0.2) is 0 Å². The fourth-order valence-electron chi connectivity index (χ4n) is 1.95. The second-order valence-corrected chi connectivity index (χ2v) is 4.50. The highest BCUT2D eigenvalue weighted by Crippen LogP contribution is 2.13. The molecule has 2 aromatic carbocycles. The van der Waals surface area contributed by atoms with Gasteiger partial charge in [-0.1, -0.05) is 24.3 Å². The van der Waals surface area contributed by atoms with Crippen molar-refractivity contribution in [3.63, 3.8) is 0 Å². The van der Waals surface area contributed by atoms with Gasteiger partial charge >= 0.3 is 0 Å². The van der Waals surface area contributed by atoms with E-state index in [1.54, 1.807) is 0 Å². The molecule has 20 heavy (non-hydrogen) atoms. The Morgan fingerprint density at radius 1 is 1.10 bits per heavy atom. The van der Waals surface area contributed by atoms with E-state index in [1.807, 2.05) is 43.3 Å². The average Bonchev–Trinajstić information content (AvgIpc) is 2.51. The molecule has 0 aliphatic rings. The summed E-state index contributed by atoms with van der Waals surface area (Å²) in [5.41, 5.74) is 4.00. The molecule has 0 atom stereocenters. The standard InChI is InChI=1S/C17H18N2O/c1-2-20-13-16-7-4-8-17(10-16)19-12-15-6-3-5-14(9-15)11-18/h3-10,19H,2,12-13H2,1H3. The van der Waals surface area contributed by atoms with E-state index in [9.17, 15) is 0 Å². The minimum absolute atomic E-state index is 0.635. The van der Waals surface area contributed by atoms with Gasteiger partial charge < -0.3 is 10.1 Å². The van der Waals surface area contributed by atoms with Crippen molar-refractivity contribution < 1.29 is 4.74 Å². The molecular formula is C17H18N2O. The molecule has 102 valence electrons. The summed E-state index contributed by atoms with van der Waals surface area (Å²) in [6, 6.07) is 18.0. The highest BCUT2D eigenvalue weighted by Gasteiger charge is 1.98. The number of nitriles is 1. The molecule has 0 radical (unpaired) electrons. The minimum atomic E-state index is 0.635. The largest absolute Gasteiger partial charge is 0.381 e. The van der Waals surface area contributed by atoms with Crippen molar-refractivity contribution in [2.24, 2.45) is 0 Å². The molecule has 0 aromatic heterocycles. The van der Waals surface area contributed by atoms with Gasteiger partial charge in [0, 0.05) is 18.8 Å². The zero-order valence-electron chi connectivity index (χ0n) is 11.6. The van der Waals surface area contributed by atoms with Crippen molar-refractivity contribution in [1.82, 2.24) is 0 Å². The van der Waals surface area contributed by atoms with Gasteiger partial charge in [-0.2, -0.15) is 5.26 Å². The molecule has 0 amide bonds. The second-order valence-electron chi connectivity index (χ2n) is 4.50. The number of ether oxygens (including phenoxy) is 1. The number of nitrogens with one attached hydrogen (secondary N) is 1. The maximum Gasteiger partial charge on any atom is 0.0991 e. The summed E-state index contributed by atoms with van der Waals surface area (Å²) in [7, 11) is 0. The molecule has 0 saturated heterocycles. The summed E-state index contributed by atoms with van der Waals surface area (Å²) < 4.78 is 5.40. The predicted octanol–water partition coefficient (Wildman–Crippen LogP) is 3.71. The van der Waals surface area contributed by atoms with Gasteiger partial charge in [-0.25, -0.2) is 0 Å². The summed E-state index contributed by atoms with van der Waals surface area (Å²) in [6.07, 6.45) is 0. The lowest BCUT2D eigenvalue weighted by Gasteiger charge is -2.09. The van der Waals surface area contributed by atoms with Crippen molar-refractivity contribution in [1.29, 1.82) is 5.26 Å². The van der Waals surface area contributed by atoms with Gasteiger partial charge in [0.25, 0.3) is 0 Å². The highest BCUT2D eigenvalue weighted by molar-refractivity contribution is 5.46. The zero-order valence-corrected chi connectivity index (χ0v) is 11.6. The molecule has 0 unspecified atom stereocenters. The van der Waals surface area contributed by atoms with Crippen LogP contribution in [0.5, 0.6) is 0 Å². The Labute approximate surface area is 119 Å². The summed E-state index contributed by atoms with van der Waals surface area (Å²) in [6.45, 7) is 4.05. The van der Waals surface area contributed by atoms with E-state index in [0.717, 1.165) is 23.4 Å². The summed E-state index contributed by atoms with van der Waals surface area (Å²) in [5, 5.41) is 12.2. The Morgan fingerprint density at radius 2 is 1.90 bits per heavy atom. The fraction of sp³-hybridized carbons (Fsp3) is 0.235. The number of hydrogen-bond donors (Lipinski definition) is 1. The maximum atomic E-state index is 8.88. The molecule has 0 bridgehead atoms. The molecule has 2 rings (SSSR count). The molecule has 0 aliphatic carbocycles. The molecule has 3 nitrogen and oxygen atoms in total. The average molecular weight is 266 g/mol. The van der Waals surface area contributed by atoms with Crippen LogP contribution in [0.25, 0.3) is 0 Å². The van der Waals surface area contributed by atoms with E-state index in [-0.39, 0.29) is 0 Å². The Hall–Kier alpha value is -2.31. The Morgan fingerprint density at radius 3 is 2.70 bits per heavy atom. The Bertz CT molecular complexity index is 602. The predicted molar refractivity (Wildman–Crippen MR) is 80.3 cm³/mol. The van der Waals surface area contributed by atoms with E-state index in [0.29, 0.717) is 18.7 Å². The molecular weight excluding hydrogens is 248 g/mol. The second kappa shape index (κ2) is 7.32. The highest BCUT2D eigenvalue weighted by atomic mass is 16.5. The first-order valence-corrected chi connectivity index (χ1v) is 6.71. The van der Waals surface area contributed by atoms with Gasteiger partial charge in [-0.3, -0.25) is 0 Å². The van der Waals surface area contributed by atoms with Crippen LogP contribution in [0.15, 0.2) is 48.5 Å². The third-order valence-electron chi connectivity index (χ3n) is 2.95. The van der Waals surface area contributed by atoms with Crippen LogP contribution in [0.3, 0.4) is 0 Å². The van der Waals surface area contributed by atoms with Gasteiger partial charge in [0.1, 0.15) is 0 Å². The Kier molecular flexibility index (Phi) is 5.16. The lowest BCUT2D eigenvalue weighted by Crippen LogP contribution is -2.00. The lowest BCUT2D eigenvalue weighted by molar-refractivity contribution is 0.134. The van der Waals surface area contributed by atoms with Crippen LogP contribution in [0.2, 0.25) is 0 Å². The van der Waals surface area contributed by atoms with E-state index < -0.39 is 0 Å². The number of anilines is 1. The number of rotatable bonds is 6. The van der Waals surface area contributed by atoms with Crippen molar-refractivity contribution in [3.05, 3.63) is 65.2 Å². The first-order chi connectivity index (χ1) is 9.81. The molecule has 0 fully saturated rings. The van der Waals surface area contributed by atoms with E-state index in [2.05, 4.69) is 23.5 Å². The molecule has 0 spiro atoms. The third kappa shape index (κ3) is 4.11. The molecule has 3 heteroatoms. The monoisotopic (exact) mass is 266 g/mol. The minimum Gasteiger partial charge on any atom is -0.381 e. The van der Waals surface area contributed by atoms with Crippen LogP contribution < -0.4 is 5.32 Å². The van der Waals surface area contributed by atoms with Crippen LogP contribution in [-0.2, 0) is 17.9 Å². The van der Waals surface area contributed by atoms with Gasteiger partial charge in [0.2, 0.25) is 0 Å². The summed E-state index contributed by atoms with van der Waals surface area (Å²) in [4.78, 5) is 0. The van der Waals surface area contributed by atoms with E-state index >= 15 is 0 Å².